The monoisotopic (exact) mass is 306 g/mol. The summed E-state index contributed by atoms with van der Waals surface area (Å²) >= 11 is 6.66. The van der Waals surface area contributed by atoms with Gasteiger partial charge in [0.05, 0.1) is 11.6 Å². The number of carbonyl (C=O) groups is 1. The number of nitrogens with one attached hydrogen (secondary N) is 1. The van der Waals surface area contributed by atoms with Crippen LogP contribution in [0.1, 0.15) is 16.1 Å². The molecule has 1 N–H and O–H groups in total. The van der Waals surface area contributed by atoms with Gasteiger partial charge in [-0.25, -0.2) is 18.2 Å². The molecule has 0 unspecified atom stereocenters. The van der Waals surface area contributed by atoms with Crippen molar-refractivity contribution < 1.29 is 18.0 Å². The minimum atomic E-state index is -1.62. The first-order valence-corrected chi connectivity index (χ1v) is 6.39. The lowest BCUT2D eigenvalue weighted by atomic mass is 10.2. The van der Waals surface area contributed by atoms with Crippen molar-refractivity contribution in [1.82, 2.24) is 4.98 Å². The lowest BCUT2D eigenvalue weighted by Gasteiger charge is -2.03. The molecular formula is C11H6ClF3N2OS. The van der Waals surface area contributed by atoms with Crippen LogP contribution in [0.2, 0.25) is 0 Å². The third kappa shape index (κ3) is 3.05. The first-order valence-electron chi connectivity index (χ1n) is 4.97. The Morgan fingerprint density at radius 2 is 1.95 bits per heavy atom. The van der Waals surface area contributed by atoms with E-state index in [0.717, 1.165) is 11.3 Å². The van der Waals surface area contributed by atoms with E-state index in [1.807, 2.05) is 0 Å². The lowest BCUT2D eigenvalue weighted by Crippen LogP contribution is -2.13. The van der Waals surface area contributed by atoms with Crippen molar-refractivity contribution in [1.29, 1.82) is 0 Å². The molecule has 0 bridgehead atoms. The van der Waals surface area contributed by atoms with Crippen molar-refractivity contribution >= 4 is 34.0 Å². The smallest absolute Gasteiger partial charge is 0.257 e. The summed E-state index contributed by atoms with van der Waals surface area (Å²) in [6.07, 6.45) is 0. The maximum atomic E-state index is 13.0. The summed E-state index contributed by atoms with van der Waals surface area (Å²) in [5.74, 6) is -5.06. The number of benzene rings is 1. The molecule has 1 heterocycles. The fourth-order valence-corrected chi connectivity index (χ4v) is 2.22. The summed E-state index contributed by atoms with van der Waals surface area (Å²) in [6.45, 7) is 0. The quantitative estimate of drug-likeness (QED) is 0.696. The van der Waals surface area contributed by atoms with Crippen LogP contribution in [-0.2, 0) is 5.88 Å². The number of halogens is 4. The van der Waals surface area contributed by atoms with Crippen molar-refractivity contribution in [3.05, 3.63) is 46.2 Å². The summed E-state index contributed by atoms with van der Waals surface area (Å²) in [5.41, 5.74) is 0.234. The molecule has 100 valence electrons. The Bertz CT molecular complexity index is 609. The topological polar surface area (TPSA) is 42.0 Å². The van der Waals surface area contributed by atoms with Crippen LogP contribution in [0.3, 0.4) is 0 Å². The Balaban J connectivity index is 2.20. The van der Waals surface area contributed by atoms with Gasteiger partial charge in [-0.3, -0.25) is 10.1 Å². The second kappa shape index (κ2) is 5.58. The molecule has 2 rings (SSSR count). The second-order valence-electron chi connectivity index (χ2n) is 3.49. The predicted molar refractivity (Wildman–Crippen MR) is 65.9 cm³/mol. The highest BCUT2D eigenvalue weighted by molar-refractivity contribution is 7.14. The SMILES string of the molecule is O=C(Nc1nc(CCl)cs1)c1cc(F)c(F)c(F)c1. The van der Waals surface area contributed by atoms with Crippen molar-refractivity contribution in [3.8, 4) is 0 Å². The molecule has 1 amide bonds. The zero-order valence-corrected chi connectivity index (χ0v) is 10.8. The van der Waals surface area contributed by atoms with Crippen LogP contribution >= 0.6 is 22.9 Å². The van der Waals surface area contributed by atoms with Crippen molar-refractivity contribution in [2.75, 3.05) is 5.32 Å². The Kier molecular flexibility index (Phi) is 4.06. The Morgan fingerprint density at radius 1 is 1.32 bits per heavy atom. The Hall–Kier alpha value is -1.60. The van der Waals surface area contributed by atoms with E-state index in [4.69, 9.17) is 11.6 Å². The molecule has 0 aliphatic carbocycles. The number of hydrogen-bond acceptors (Lipinski definition) is 3. The molecule has 0 aliphatic rings. The molecule has 0 spiro atoms. The van der Waals surface area contributed by atoms with Gasteiger partial charge in [0.2, 0.25) is 0 Å². The number of rotatable bonds is 3. The number of alkyl halides is 1. The fourth-order valence-electron chi connectivity index (χ4n) is 1.28. The number of aromatic nitrogens is 1. The highest BCUT2D eigenvalue weighted by atomic mass is 35.5. The first kappa shape index (κ1) is 13.8. The van der Waals surface area contributed by atoms with E-state index in [0.29, 0.717) is 17.8 Å². The van der Waals surface area contributed by atoms with Gasteiger partial charge in [0, 0.05) is 10.9 Å². The number of thiazole rings is 1. The van der Waals surface area contributed by atoms with Gasteiger partial charge in [-0.15, -0.1) is 22.9 Å². The largest absolute Gasteiger partial charge is 0.298 e. The first-order chi connectivity index (χ1) is 9.01. The maximum Gasteiger partial charge on any atom is 0.257 e. The van der Waals surface area contributed by atoms with Crippen LogP contribution < -0.4 is 5.32 Å². The number of anilines is 1. The third-order valence-corrected chi connectivity index (χ3v) is 3.24. The molecule has 3 nitrogen and oxygen atoms in total. The molecule has 0 saturated heterocycles. The normalized spacial score (nSPS) is 10.5. The Morgan fingerprint density at radius 3 is 2.47 bits per heavy atom. The van der Waals surface area contributed by atoms with E-state index in [2.05, 4.69) is 10.3 Å². The maximum absolute atomic E-state index is 13.0. The van der Waals surface area contributed by atoms with Crippen molar-refractivity contribution in [2.45, 2.75) is 5.88 Å². The van der Waals surface area contributed by atoms with Gasteiger partial charge in [-0.05, 0) is 12.1 Å². The zero-order valence-electron chi connectivity index (χ0n) is 9.21. The van der Waals surface area contributed by atoms with Gasteiger partial charge in [0.1, 0.15) is 0 Å². The molecule has 0 radical (unpaired) electrons. The molecule has 1 aromatic heterocycles. The average molecular weight is 307 g/mol. The highest BCUT2D eigenvalue weighted by Gasteiger charge is 2.16. The van der Waals surface area contributed by atoms with E-state index >= 15 is 0 Å². The van der Waals surface area contributed by atoms with Gasteiger partial charge in [-0.2, -0.15) is 0 Å². The molecule has 1 aromatic carbocycles. The van der Waals surface area contributed by atoms with Crippen LogP contribution in [-0.4, -0.2) is 10.9 Å². The molecule has 2 aromatic rings. The van der Waals surface area contributed by atoms with Gasteiger partial charge < -0.3 is 0 Å². The zero-order chi connectivity index (χ0) is 14.0. The van der Waals surface area contributed by atoms with Crippen LogP contribution in [0.25, 0.3) is 0 Å². The standard InChI is InChI=1S/C11H6ClF3N2OS/c12-3-6-4-19-11(16-6)17-10(18)5-1-7(13)9(15)8(14)2-5/h1-2,4H,3H2,(H,16,17,18). The predicted octanol–water partition coefficient (Wildman–Crippen LogP) is 3.55. The van der Waals surface area contributed by atoms with E-state index < -0.39 is 23.4 Å². The second-order valence-corrected chi connectivity index (χ2v) is 4.61. The third-order valence-electron chi connectivity index (χ3n) is 2.16. The lowest BCUT2D eigenvalue weighted by molar-refractivity contribution is 0.102. The molecule has 0 fully saturated rings. The van der Waals surface area contributed by atoms with E-state index in [1.165, 1.54) is 0 Å². The number of hydrogen-bond donors (Lipinski definition) is 1. The van der Waals surface area contributed by atoms with Crippen LogP contribution in [0, 0.1) is 17.5 Å². The van der Waals surface area contributed by atoms with Crippen molar-refractivity contribution in [2.24, 2.45) is 0 Å². The summed E-state index contributed by atoms with van der Waals surface area (Å²) in [4.78, 5) is 15.6. The minimum absolute atomic E-state index is 0.187. The molecule has 8 heteroatoms. The van der Waals surface area contributed by atoms with Gasteiger partial charge in [0.15, 0.2) is 22.6 Å². The highest BCUT2D eigenvalue weighted by Crippen LogP contribution is 2.19. The summed E-state index contributed by atoms with van der Waals surface area (Å²) in [7, 11) is 0. The molecule has 0 atom stereocenters. The number of nitrogens with zero attached hydrogens (tertiary/aromatic N) is 1. The fraction of sp³-hybridized carbons (Fsp3) is 0.0909. The van der Waals surface area contributed by atoms with Gasteiger partial charge in [0.25, 0.3) is 5.91 Å². The molecule has 0 saturated carbocycles. The van der Waals surface area contributed by atoms with E-state index in [9.17, 15) is 18.0 Å². The van der Waals surface area contributed by atoms with E-state index in [1.54, 1.807) is 5.38 Å². The van der Waals surface area contributed by atoms with Gasteiger partial charge >= 0.3 is 0 Å². The summed E-state index contributed by atoms with van der Waals surface area (Å²) < 4.78 is 38.7. The Labute approximate surface area is 115 Å². The summed E-state index contributed by atoms with van der Waals surface area (Å²) in [6, 6.07) is 1.23. The molecule has 0 aliphatic heterocycles. The van der Waals surface area contributed by atoms with Crippen LogP contribution in [0.4, 0.5) is 18.3 Å². The minimum Gasteiger partial charge on any atom is -0.298 e. The van der Waals surface area contributed by atoms with Crippen molar-refractivity contribution in [3.63, 3.8) is 0 Å². The van der Waals surface area contributed by atoms with Crippen LogP contribution in [0.15, 0.2) is 17.5 Å². The molecule has 19 heavy (non-hydrogen) atoms. The number of amides is 1. The number of carbonyl (C=O) groups excluding carboxylic acids is 1. The van der Waals surface area contributed by atoms with Crippen LogP contribution in [0.5, 0.6) is 0 Å². The average Bonchev–Trinajstić information content (AvgIpc) is 2.83. The van der Waals surface area contributed by atoms with Gasteiger partial charge in [-0.1, -0.05) is 0 Å². The summed E-state index contributed by atoms with van der Waals surface area (Å²) in [5, 5.41) is 4.22. The molecular weight excluding hydrogens is 301 g/mol. The van der Waals surface area contributed by atoms with E-state index in [-0.39, 0.29) is 16.6 Å².